The van der Waals surface area contributed by atoms with Gasteiger partial charge in [-0.2, -0.15) is 5.26 Å². The van der Waals surface area contributed by atoms with Crippen LogP contribution in [0.15, 0.2) is 18.2 Å². The summed E-state index contributed by atoms with van der Waals surface area (Å²) in [5, 5.41) is 8.85. The second-order valence-corrected chi connectivity index (χ2v) is 3.66. The van der Waals surface area contributed by atoms with Crippen LogP contribution in [0.3, 0.4) is 0 Å². The molecule has 15 heavy (non-hydrogen) atoms. The number of nitrogens with zero attached hydrogens (tertiary/aromatic N) is 2. The number of anilines is 2. The first-order chi connectivity index (χ1) is 7.19. The van der Waals surface area contributed by atoms with E-state index in [-0.39, 0.29) is 0 Å². The number of nitrogens with two attached hydrogens (primary N) is 1. The maximum Gasteiger partial charge on any atom is 0.101 e. The van der Waals surface area contributed by atoms with Crippen molar-refractivity contribution < 1.29 is 0 Å². The minimum atomic E-state index is 0.546. The molecule has 0 aliphatic carbocycles. The van der Waals surface area contributed by atoms with E-state index in [2.05, 4.69) is 17.9 Å². The van der Waals surface area contributed by atoms with Crippen molar-refractivity contribution in [3.05, 3.63) is 23.8 Å². The van der Waals surface area contributed by atoms with Crippen LogP contribution in [0.1, 0.15) is 25.3 Å². The first kappa shape index (κ1) is 11.4. The number of hydrogen-bond acceptors (Lipinski definition) is 3. The van der Waals surface area contributed by atoms with Crippen LogP contribution in [-0.4, -0.2) is 13.6 Å². The Hall–Kier alpha value is -1.69. The molecule has 0 heterocycles. The van der Waals surface area contributed by atoms with Crippen molar-refractivity contribution >= 4 is 11.4 Å². The molecule has 0 amide bonds. The SMILES string of the molecule is CCCCN(C)c1ccc(N)c(C#N)c1. The lowest BCUT2D eigenvalue weighted by molar-refractivity contribution is 0.767. The maximum absolute atomic E-state index is 8.85. The summed E-state index contributed by atoms with van der Waals surface area (Å²) in [6.45, 7) is 3.17. The monoisotopic (exact) mass is 203 g/mol. The van der Waals surface area contributed by atoms with Gasteiger partial charge in [-0.3, -0.25) is 0 Å². The van der Waals surface area contributed by atoms with E-state index in [0.29, 0.717) is 11.3 Å². The summed E-state index contributed by atoms with van der Waals surface area (Å²) >= 11 is 0. The molecule has 0 bridgehead atoms. The van der Waals surface area contributed by atoms with E-state index >= 15 is 0 Å². The van der Waals surface area contributed by atoms with Gasteiger partial charge in [0, 0.05) is 25.0 Å². The van der Waals surface area contributed by atoms with Gasteiger partial charge in [-0.05, 0) is 24.6 Å². The molecule has 0 aromatic heterocycles. The van der Waals surface area contributed by atoms with Crippen LogP contribution in [0.5, 0.6) is 0 Å². The molecule has 0 saturated heterocycles. The summed E-state index contributed by atoms with van der Waals surface area (Å²) in [5.74, 6) is 0. The number of hydrogen-bond donors (Lipinski definition) is 1. The average molecular weight is 203 g/mol. The summed E-state index contributed by atoms with van der Waals surface area (Å²) in [7, 11) is 2.03. The molecule has 0 aliphatic heterocycles. The molecule has 0 radical (unpaired) electrons. The quantitative estimate of drug-likeness (QED) is 0.764. The minimum absolute atomic E-state index is 0.546. The van der Waals surface area contributed by atoms with Gasteiger partial charge in [0.15, 0.2) is 0 Å². The Kier molecular flexibility index (Phi) is 3.99. The zero-order chi connectivity index (χ0) is 11.3. The summed E-state index contributed by atoms with van der Waals surface area (Å²) in [4.78, 5) is 2.14. The predicted octanol–water partition coefficient (Wildman–Crippen LogP) is 2.38. The summed E-state index contributed by atoms with van der Waals surface area (Å²) < 4.78 is 0. The Balaban J connectivity index is 2.82. The highest BCUT2D eigenvalue weighted by molar-refractivity contribution is 5.62. The van der Waals surface area contributed by atoms with E-state index in [9.17, 15) is 0 Å². The zero-order valence-electron chi connectivity index (χ0n) is 9.33. The molecule has 0 saturated carbocycles. The number of unbranched alkanes of at least 4 members (excludes halogenated alkanes) is 1. The van der Waals surface area contributed by atoms with Gasteiger partial charge in [-0.15, -0.1) is 0 Å². The summed E-state index contributed by atoms with van der Waals surface area (Å²) in [6.07, 6.45) is 2.33. The molecule has 80 valence electrons. The van der Waals surface area contributed by atoms with Crippen LogP contribution in [0.2, 0.25) is 0 Å². The van der Waals surface area contributed by atoms with Gasteiger partial charge in [-0.25, -0.2) is 0 Å². The molecule has 0 fully saturated rings. The van der Waals surface area contributed by atoms with Crippen molar-refractivity contribution in [3.8, 4) is 6.07 Å². The topological polar surface area (TPSA) is 53.0 Å². The van der Waals surface area contributed by atoms with Gasteiger partial charge < -0.3 is 10.6 Å². The standard InChI is InChI=1S/C12H17N3/c1-3-4-7-15(2)11-5-6-12(14)10(8-11)9-13/h5-6,8H,3-4,7,14H2,1-2H3. The highest BCUT2D eigenvalue weighted by Crippen LogP contribution is 2.19. The van der Waals surface area contributed by atoms with E-state index in [0.717, 1.165) is 18.7 Å². The second kappa shape index (κ2) is 5.26. The molecule has 3 nitrogen and oxygen atoms in total. The number of benzene rings is 1. The van der Waals surface area contributed by atoms with Crippen molar-refractivity contribution in [3.63, 3.8) is 0 Å². The Labute approximate surface area is 91.1 Å². The summed E-state index contributed by atoms with van der Waals surface area (Å²) in [5.41, 5.74) is 7.81. The van der Waals surface area contributed by atoms with Crippen LogP contribution in [0.25, 0.3) is 0 Å². The van der Waals surface area contributed by atoms with Crippen LogP contribution >= 0.6 is 0 Å². The van der Waals surface area contributed by atoms with Crippen molar-refractivity contribution in [1.82, 2.24) is 0 Å². The minimum Gasteiger partial charge on any atom is -0.398 e. The lowest BCUT2D eigenvalue weighted by atomic mass is 10.1. The molecule has 1 aromatic carbocycles. The highest BCUT2D eigenvalue weighted by atomic mass is 15.1. The molecule has 0 aliphatic rings. The smallest absolute Gasteiger partial charge is 0.101 e. The Morgan fingerprint density at radius 2 is 2.20 bits per heavy atom. The van der Waals surface area contributed by atoms with Crippen molar-refractivity contribution in [1.29, 1.82) is 5.26 Å². The molecule has 0 atom stereocenters. The molecule has 1 rings (SSSR count). The molecular formula is C12H17N3. The van der Waals surface area contributed by atoms with Gasteiger partial charge in [0.2, 0.25) is 0 Å². The van der Waals surface area contributed by atoms with Crippen molar-refractivity contribution in [2.24, 2.45) is 0 Å². The molecular weight excluding hydrogens is 186 g/mol. The number of rotatable bonds is 4. The third-order valence-electron chi connectivity index (χ3n) is 2.45. The molecule has 1 aromatic rings. The van der Waals surface area contributed by atoms with Gasteiger partial charge in [-0.1, -0.05) is 13.3 Å². The Bertz CT molecular complexity index is 366. The van der Waals surface area contributed by atoms with E-state index in [1.807, 2.05) is 19.2 Å². The van der Waals surface area contributed by atoms with Gasteiger partial charge in [0.05, 0.1) is 5.56 Å². The fourth-order valence-electron chi connectivity index (χ4n) is 1.40. The van der Waals surface area contributed by atoms with Crippen LogP contribution < -0.4 is 10.6 Å². The molecule has 3 heteroatoms. The molecule has 0 spiro atoms. The first-order valence-corrected chi connectivity index (χ1v) is 5.19. The van der Waals surface area contributed by atoms with E-state index in [1.165, 1.54) is 6.42 Å². The fourth-order valence-corrected chi connectivity index (χ4v) is 1.40. The zero-order valence-corrected chi connectivity index (χ0v) is 9.33. The Morgan fingerprint density at radius 1 is 1.47 bits per heavy atom. The van der Waals surface area contributed by atoms with Gasteiger partial charge in [0.25, 0.3) is 0 Å². The third-order valence-corrected chi connectivity index (χ3v) is 2.45. The maximum atomic E-state index is 8.85. The lowest BCUT2D eigenvalue weighted by Crippen LogP contribution is -2.18. The normalized spacial score (nSPS) is 9.67. The largest absolute Gasteiger partial charge is 0.398 e. The van der Waals surface area contributed by atoms with Gasteiger partial charge in [0.1, 0.15) is 6.07 Å². The van der Waals surface area contributed by atoms with Crippen LogP contribution in [-0.2, 0) is 0 Å². The van der Waals surface area contributed by atoms with E-state index < -0.39 is 0 Å². The molecule has 2 N–H and O–H groups in total. The average Bonchev–Trinajstić information content (AvgIpc) is 2.26. The van der Waals surface area contributed by atoms with Crippen molar-refractivity contribution in [2.75, 3.05) is 24.2 Å². The van der Waals surface area contributed by atoms with Gasteiger partial charge >= 0.3 is 0 Å². The number of nitriles is 1. The van der Waals surface area contributed by atoms with Crippen LogP contribution in [0, 0.1) is 11.3 Å². The molecule has 0 unspecified atom stereocenters. The highest BCUT2D eigenvalue weighted by Gasteiger charge is 2.03. The number of nitrogen functional groups attached to an aromatic ring is 1. The second-order valence-electron chi connectivity index (χ2n) is 3.66. The third kappa shape index (κ3) is 2.88. The van der Waals surface area contributed by atoms with E-state index in [4.69, 9.17) is 11.0 Å². The fraction of sp³-hybridized carbons (Fsp3) is 0.417. The van der Waals surface area contributed by atoms with E-state index in [1.54, 1.807) is 6.07 Å². The summed E-state index contributed by atoms with van der Waals surface area (Å²) in [6, 6.07) is 7.67. The van der Waals surface area contributed by atoms with Crippen LogP contribution in [0.4, 0.5) is 11.4 Å². The lowest BCUT2D eigenvalue weighted by Gasteiger charge is -2.19. The predicted molar refractivity (Wildman–Crippen MR) is 63.7 cm³/mol. The first-order valence-electron chi connectivity index (χ1n) is 5.19. The Morgan fingerprint density at radius 3 is 2.80 bits per heavy atom. The van der Waals surface area contributed by atoms with Crippen molar-refractivity contribution in [2.45, 2.75) is 19.8 Å².